The summed E-state index contributed by atoms with van der Waals surface area (Å²) in [4.78, 5) is 10.2. The van der Waals surface area contributed by atoms with Gasteiger partial charge in [-0.1, -0.05) is 0 Å². The van der Waals surface area contributed by atoms with Gasteiger partial charge >= 0.3 is 5.97 Å². The number of hydrogen-bond acceptors (Lipinski definition) is 3. The highest BCUT2D eigenvalue weighted by atomic mass is 32.2. The van der Waals surface area contributed by atoms with Crippen LogP contribution in [0, 0.1) is 17.6 Å². The first kappa shape index (κ1) is 14.9. The molecule has 1 heterocycles. The van der Waals surface area contributed by atoms with Crippen LogP contribution in [0.3, 0.4) is 0 Å². The van der Waals surface area contributed by atoms with Crippen molar-refractivity contribution in [2.24, 2.45) is 5.92 Å². The number of rotatable bonds is 3. The normalized spacial score (nSPS) is 23.9. The number of benzene rings is 1. The smallest absolute Gasteiger partial charge is 0.308 e. The number of carbonyl (C=O) groups is 1. The summed E-state index contributed by atoms with van der Waals surface area (Å²) in [5.74, 6) is -3.87. The quantitative estimate of drug-likeness (QED) is 0.917. The predicted octanol–water partition coefficient (Wildman–Crippen LogP) is 1.45. The molecule has 2 rings (SSSR count). The van der Waals surface area contributed by atoms with Gasteiger partial charge in [-0.25, -0.2) is 17.2 Å². The molecule has 110 valence electrons. The minimum atomic E-state index is -4.25. The van der Waals surface area contributed by atoms with Crippen molar-refractivity contribution in [1.82, 2.24) is 4.31 Å². The summed E-state index contributed by atoms with van der Waals surface area (Å²) in [5, 5.41) is 8.98. The third-order valence-corrected chi connectivity index (χ3v) is 5.50. The summed E-state index contributed by atoms with van der Waals surface area (Å²) in [6.45, 7) is 1.41. The van der Waals surface area contributed by atoms with Gasteiger partial charge in [0.2, 0.25) is 10.0 Å². The van der Waals surface area contributed by atoms with E-state index in [0.717, 1.165) is 16.4 Å². The molecule has 20 heavy (non-hydrogen) atoms. The Hall–Kier alpha value is -1.54. The minimum absolute atomic E-state index is 0.0313. The van der Waals surface area contributed by atoms with E-state index in [1.165, 1.54) is 6.92 Å². The molecule has 1 aliphatic rings. The van der Waals surface area contributed by atoms with Crippen LogP contribution in [-0.2, 0) is 14.8 Å². The molecule has 5 nitrogen and oxygen atoms in total. The summed E-state index contributed by atoms with van der Waals surface area (Å²) >= 11 is 0. The Morgan fingerprint density at radius 3 is 2.60 bits per heavy atom. The Kier molecular flexibility index (Phi) is 3.79. The Labute approximate surface area is 114 Å². The van der Waals surface area contributed by atoms with Gasteiger partial charge in [-0.15, -0.1) is 0 Å². The molecule has 0 spiro atoms. The van der Waals surface area contributed by atoms with Crippen LogP contribution in [0.4, 0.5) is 8.78 Å². The fourth-order valence-corrected chi connectivity index (χ4v) is 4.14. The van der Waals surface area contributed by atoms with Crippen LogP contribution in [0.25, 0.3) is 0 Å². The lowest BCUT2D eigenvalue weighted by molar-refractivity contribution is -0.142. The standard InChI is InChI=1S/C12H13F2NO4S/c1-7-9(12(16)17)4-5-15(7)20(18,19)11-6-8(13)2-3-10(11)14/h2-3,6-7,9H,4-5H2,1H3,(H,16,17). The molecule has 8 heteroatoms. The highest BCUT2D eigenvalue weighted by molar-refractivity contribution is 7.89. The molecular weight excluding hydrogens is 292 g/mol. The number of hydrogen-bond donors (Lipinski definition) is 1. The van der Waals surface area contributed by atoms with Gasteiger partial charge in [-0.3, -0.25) is 4.79 Å². The van der Waals surface area contributed by atoms with E-state index in [9.17, 15) is 22.0 Å². The largest absolute Gasteiger partial charge is 0.481 e. The first-order valence-electron chi connectivity index (χ1n) is 5.95. The number of carboxylic acids is 1. The van der Waals surface area contributed by atoms with Crippen LogP contribution in [0.1, 0.15) is 13.3 Å². The van der Waals surface area contributed by atoms with Crippen molar-refractivity contribution in [2.45, 2.75) is 24.3 Å². The van der Waals surface area contributed by atoms with E-state index in [2.05, 4.69) is 0 Å². The fraction of sp³-hybridized carbons (Fsp3) is 0.417. The molecule has 1 N–H and O–H groups in total. The lowest BCUT2D eigenvalue weighted by Crippen LogP contribution is -2.38. The molecule has 2 atom stereocenters. The highest BCUT2D eigenvalue weighted by Gasteiger charge is 2.43. The second-order valence-electron chi connectivity index (χ2n) is 4.66. The Morgan fingerprint density at radius 2 is 2.05 bits per heavy atom. The fourth-order valence-electron chi connectivity index (χ4n) is 2.38. The molecule has 0 aliphatic carbocycles. The molecule has 1 aromatic carbocycles. The molecular formula is C12H13F2NO4S. The number of halogens is 2. The topological polar surface area (TPSA) is 74.7 Å². The van der Waals surface area contributed by atoms with Gasteiger partial charge in [0.25, 0.3) is 0 Å². The van der Waals surface area contributed by atoms with Gasteiger partial charge in [-0.2, -0.15) is 4.31 Å². The van der Waals surface area contributed by atoms with E-state index < -0.39 is 44.5 Å². The van der Waals surface area contributed by atoms with Crippen molar-refractivity contribution < 1.29 is 27.1 Å². The van der Waals surface area contributed by atoms with Crippen LogP contribution in [0.5, 0.6) is 0 Å². The van der Waals surface area contributed by atoms with E-state index in [-0.39, 0.29) is 13.0 Å². The van der Waals surface area contributed by atoms with E-state index in [1.807, 2.05) is 0 Å². The molecule has 0 bridgehead atoms. The zero-order chi connectivity index (χ0) is 15.1. The third kappa shape index (κ3) is 2.40. The zero-order valence-electron chi connectivity index (χ0n) is 10.6. The van der Waals surface area contributed by atoms with Crippen molar-refractivity contribution in [2.75, 3.05) is 6.54 Å². The van der Waals surface area contributed by atoms with Crippen molar-refractivity contribution in [3.63, 3.8) is 0 Å². The maximum atomic E-state index is 13.6. The van der Waals surface area contributed by atoms with Crippen molar-refractivity contribution >= 4 is 16.0 Å². The molecule has 0 amide bonds. The zero-order valence-corrected chi connectivity index (χ0v) is 11.4. The summed E-state index contributed by atoms with van der Waals surface area (Å²) in [5.41, 5.74) is 0. The molecule has 1 aromatic rings. The summed E-state index contributed by atoms with van der Waals surface area (Å²) in [6, 6.07) is 1.35. The maximum Gasteiger partial charge on any atom is 0.308 e. The molecule has 0 radical (unpaired) electrons. The third-order valence-electron chi connectivity index (χ3n) is 3.49. The second-order valence-corrected chi connectivity index (χ2v) is 6.52. The Bertz CT molecular complexity index is 647. The van der Waals surface area contributed by atoms with Crippen LogP contribution < -0.4 is 0 Å². The summed E-state index contributed by atoms with van der Waals surface area (Å²) in [6.07, 6.45) is 0.146. The molecule has 0 aromatic heterocycles. The Morgan fingerprint density at radius 1 is 1.40 bits per heavy atom. The number of sulfonamides is 1. The van der Waals surface area contributed by atoms with Gasteiger partial charge in [0.1, 0.15) is 16.5 Å². The van der Waals surface area contributed by atoms with Crippen LogP contribution in [0.2, 0.25) is 0 Å². The van der Waals surface area contributed by atoms with Crippen LogP contribution >= 0.6 is 0 Å². The number of nitrogens with zero attached hydrogens (tertiary/aromatic N) is 1. The number of carboxylic acid groups (broad SMARTS) is 1. The van der Waals surface area contributed by atoms with Crippen molar-refractivity contribution in [1.29, 1.82) is 0 Å². The van der Waals surface area contributed by atoms with Gasteiger partial charge < -0.3 is 5.11 Å². The molecule has 1 aliphatic heterocycles. The predicted molar refractivity (Wildman–Crippen MR) is 65.5 cm³/mol. The van der Waals surface area contributed by atoms with E-state index in [1.54, 1.807) is 0 Å². The van der Waals surface area contributed by atoms with Gasteiger partial charge in [0.15, 0.2) is 0 Å². The van der Waals surface area contributed by atoms with E-state index >= 15 is 0 Å². The molecule has 0 saturated carbocycles. The highest BCUT2D eigenvalue weighted by Crippen LogP contribution is 2.31. The van der Waals surface area contributed by atoms with Gasteiger partial charge in [0.05, 0.1) is 5.92 Å². The second kappa shape index (κ2) is 5.10. The van der Waals surface area contributed by atoms with Gasteiger partial charge in [0, 0.05) is 12.6 Å². The van der Waals surface area contributed by atoms with E-state index in [0.29, 0.717) is 6.07 Å². The molecule has 1 saturated heterocycles. The SMILES string of the molecule is CC1C(C(=O)O)CCN1S(=O)(=O)c1cc(F)ccc1F. The Balaban J connectivity index is 2.41. The van der Waals surface area contributed by atoms with Crippen molar-refractivity contribution in [3.8, 4) is 0 Å². The summed E-state index contributed by atoms with van der Waals surface area (Å²) in [7, 11) is -4.25. The number of aliphatic carboxylic acids is 1. The minimum Gasteiger partial charge on any atom is -0.481 e. The lowest BCUT2D eigenvalue weighted by Gasteiger charge is -2.22. The first-order chi connectivity index (χ1) is 9.25. The average molecular weight is 305 g/mol. The van der Waals surface area contributed by atoms with Crippen molar-refractivity contribution in [3.05, 3.63) is 29.8 Å². The van der Waals surface area contributed by atoms with Gasteiger partial charge in [-0.05, 0) is 31.5 Å². The lowest BCUT2D eigenvalue weighted by atomic mass is 10.0. The first-order valence-corrected chi connectivity index (χ1v) is 7.39. The molecule has 2 unspecified atom stereocenters. The van der Waals surface area contributed by atoms with Crippen LogP contribution in [0.15, 0.2) is 23.1 Å². The van der Waals surface area contributed by atoms with E-state index in [4.69, 9.17) is 5.11 Å². The van der Waals surface area contributed by atoms with Crippen LogP contribution in [-0.4, -0.2) is 36.4 Å². The average Bonchev–Trinajstić information content (AvgIpc) is 2.74. The molecule has 1 fully saturated rings. The maximum absolute atomic E-state index is 13.6. The monoisotopic (exact) mass is 305 g/mol. The summed E-state index contributed by atoms with van der Waals surface area (Å²) < 4.78 is 52.3.